The van der Waals surface area contributed by atoms with Gasteiger partial charge in [-0.25, -0.2) is 0 Å². The Morgan fingerprint density at radius 3 is 1.47 bits per heavy atom. The number of hydrogen-bond acceptors (Lipinski definition) is 1. The molecule has 13 aromatic rings. The Morgan fingerprint density at radius 2 is 0.800 bits per heavy atom. The lowest BCUT2D eigenvalue weighted by Gasteiger charge is -2.16. The van der Waals surface area contributed by atoms with E-state index in [0.29, 0.717) is 0 Å². The average molecular weight is 762 g/mol. The summed E-state index contributed by atoms with van der Waals surface area (Å²) < 4.78 is 9.65. The smallest absolute Gasteiger partial charge is 0.143 e. The number of fused-ring (bicyclic) bond motifs is 6. The van der Waals surface area contributed by atoms with Crippen molar-refractivity contribution in [1.82, 2.24) is 4.57 Å². The van der Waals surface area contributed by atoms with Crippen molar-refractivity contribution in [3.8, 4) is 50.2 Å². The first-order valence-electron chi connectivity index (χ1n) is 20.7. The lowest BCUT2D eigenvalue weighted by molar-refractivity contribution is 0.671. The van der Waals surface area contributed by atoms with Gasteiger partial charge >= 0.3 is 0 Å². The second-order valence-electron chi connectivity index (χ2n) is 16.0. The van der Waals surface area contributed by atoms with Crippen molar-refractivity contribution >= 4 is 76.1 Å². The number of para-hydroxylation sites is 1. The van der Waals surface area contributed by atoms with Gasteiger partial charge in [-0.3, -0.25) is 0 Å². The predicted molar refractivity (Wildman–Crippen MR) is 254 cm³/mol. The number of aromatic nitrogens is 1. The Labute approximate surface area is 346 Å². The lowest BCUT2D eigenvalue weighted by Crippen LogP contribution is -1.96. The molecule has 0 fully saturated rings. The van der Waals surface area contributed by atoms with Gasteiger partial charge in [0.25, 0.3) is 0 Å². The van der Waals surface area contributed by atoms with Crippen LogP contribution in [0.15, 0.2) is 217 Å². The maximum absolute atomic E-state index is 7.18. The average Bonchev–Trinajstić information content (AvgIpc) is 3.86. The molecule has 0 spiro atoms. The number of nitrogens with zero attached hydrogens (tertiary/aromatic N) is 1. The quantitative estimate of drug-likeness (QED) is 0.160. The van der Waals surface area contributed by atoms with Crippen LogP contribution in [0, 0.1) is 0 Å². The van der Waals surface area contributed by atoms with E-state index in [1.807, 2.05) is 0 Å². The second kappa shape index (κ2) is 12.8. The van der Waals surface area contributed by atoms with Crippen LogP contribution in [0.5, 0.6) is 0 Å². The zero-order valence-corrected chi connectivity index (χ0v) is 32.6. The van der Waals surface area contributed by atoms with Crippen LogP contribution in [-0.4, -0.2) is 4.57 Å². The summed E-state index contributed by atoms with van der Waals surface area (Å²) in [6.45, 7) is 0. The second-order valence-corrected chi connectivity index (χ2v) is 16.0. The molecule has 2 heterocycles. The van der Waals surface area contributed by atoms with E-state index >= 15 is 0 Å². The summed E-state index contributed by atoms with van der Waals surface area (Å²) in [5.74, 6) is 0. The summed E-state index contributed by atoms with van der Waals surface area (Å²) >= 11 is 0. The Hall–Kier alpha value is -7.94. The van der Waals surface area contributed by atoms with E-state index in [1.165, 1.54) is 70.9 Å². The highest BCUT2D eigenvalue weighted by molar-refractivity contribution is 6.25. The molecule has 0 aliphatic heterocycles. The molecule has 13 rings (SSSR count). The summed E-state index contributed by atoms with van der Waals surface area (Å²) in [4.78, 5) is 0. The zero-order chi connectivity index (χ0) is 39.3. The minimum atomic E-state index is 0.891. The van der Waals surface area contributed by atoms with Crippen LogP contribution >= 0.6 is 0 Å². The van der Waals surface area contributed by atoms with Crippen LogP contribution in [-0.2, 0) is 0 Å². The summed E-state index contributed by atoms with van der Waals surface area (Å²) in [6, 6.07) is 77.4. The van der Waals surface area contributed by atoms with Crippen LogP contribution in [0.4, 0.5) is 0 Å². The van der Waals surface area contributed by atoms with Crippen molar-refractivity contribution in [2.75, 3.05) is 0 Å². The van der Waals surface area contributed by atoms with Crippen molar-refractivity contribution in [1.29, 1.82) is 0 Å². The minimum Gasteiger partial charge on any atom is -0.455 e. The maximum Gasteiger partial charge on any atom is 0.143 e. The van der Waals surface area contributed by atoms with Crippen LogP contribution in [0.25, 0.3) is 126 Å². The molecule has 0 saturated heterocycles. The molecule has 11 aromatic carbocycles. The van der Waals surface area contributed by atoms with Crippen molar-refractivity contribution in [2.45, 2.75) is 0 Å². The van der Waals surface area contributed by atoms with Gasteiger partial charge in [0.2, 0.25) is 0 Å². The topological polar surface area (TPSA) is 18.1 Å². The fourth-order valence-corrected chi connectivity index (χ4v) is 9.94. The van der Waals surface area contributed by atoms with Crippen LogP contribution in [0.3, 0.4) is 0 Å². The Bertz CT molecular complexity index is 3780. The molecule has 0 atom stereocenters. The van der Waals surface area contributed by atoms with E-state index in [2.05, 4.69) is 217 Å². The summed E-state index contributed by atoms with van der Waals surface area (Å²) in [7, 11) is 0. The first kappa shape index (κ1) is 33.1. The highest BCUT2D eigenvalue weighted by atomic mass is 16.3. The molecular weight excluding hydrogens is 727 g/mol. The lowest BCUT2D eigenvalue weighted by atomic mass is 9.93. The summed E-state index contributed by atoms with van der Waals surface area (Å²) in [6.07, 6.45) is 0. The molecule has 0 aliphatic rings. The van der Waals surface area contributed by atoms with Gasteiger partial charge in [0.1, 0.15) is 11.2 Å². The van der Waals surface area contributed by atoms with Gasteiger partial charge in [-0.1, -0.05) is 164 Å². The molecule has 0 unspecified atom stereocenters. The predicted octanol–water partition coefficient (Wildman–Crippen LogP) is 16.2. The molecule has 278 valence electrons. The van der Waals surface area contributed by atoms with Crippen molar-refractivity contribution in [3.63, 3.8) is 0 Å². The van der Waals surface area contributed by atoms with Gasteiger partial charge in [0.05, 0.1) is 16.7 Å². The monoisotopic (exact) mass is 761 g/mol. The highest BCUT2D eigenvalue weighted by Gasteiger charge is 2.22. The van der Waals surface area contributed by atoms with Crippen molar-refractivity contribution in [3.05, 3.63) is 212 Å². The number of benzene rings is 11. The number of rotatable bonds is 5. The van der Waals surface area contributed by atoms with Crippen LogP contribution < -0.4 is 0 Å². The van der Waals surface area contributed by atoms with Crippen molar-refractivity contribution < 1.29 is 4.42 Å². The Balaban J connectivity index is 1.09. The first-order chi connectivity index (χ1) is 29.7. The third-order valence-corrected chi connectivity index (χ3v) is 12.7. The molecule has 0 bridgehead atoms. The third-order valence-electron chi connectivity index (χ3n) is 12.7. The summed E-state index contributed by atoms with van der Waals surface area (Å²) in [5.41, 5.74) is 14.4. The number of furan rings is 1. The fourth-order valence-electron chi connectivity index (χ4n) is 9.94. The van der Waals surface area contributed by atoms with E-state index < -0.39 is 0 Å². The molecule has 2 nitrogen and oxygen atoms in total. The normalized spacial score (nSPS) is 12.0. The number of hydrogen-bond donors (Lipinski definition) is 0. The van der Waals surface area contributed by atoms with Gasteiger partial charge in [0.15, 0.2) is 0 Å². The highest BCUT2D eigenvalue weighted by Crippen LogP contribution is 2.46. The largest absolute Gasteiger partial charge is 0.455 e. The van der Waals surface area contributed by atoms with E-state index in [1.54, 1.807) is 0 Å². The summed E-state index contributed by atoms with van der Waals surface area (Å²) in [5, 5.41) is 12.4. The van der Waals surface area contributed by atoms with E-state index in [9.17, 15) is 0 Å². The zero-order valence-electron chi connectivity index (χ0n) is 32.6. The molecule has 60 heavy (non-hydrogen) atoms. The molecule has 0 saturated carbocycles. The molecule has 0 radical (unpaired) electrons. The Kier molecular flexibility index (Phi) is 7.05. The van der Waals surface area contributed by atoms with Crippen LogP contribution in [0.2, 0.25) is 0 Å². The van der Waals surface area contributed by atoms with E-state index in [0.717, 1.165) is 55.3 Å². The first-order valence-corrected chi connectivity index (χ1v) is 20.7. The van der Waals surface area contributed by atoms with Gasteiger partial charge in [0, 0.05) is 38.1 Å². The standard InChI is InChI=1S/C58H35NO/c1-4-13-36(14-5-1)43-32-47(38-17-8-3-9-18-38)57-50(34-43)51-35-44(37-15-6-2-7-16-37)33-48(58(51)60-57)42-27-30-54-49(31-42)45-21-10-11-22-52(45)59(54)53-29-26-41-24-23-39-19-12-20-40-25-28-46(53)56(41)55(39)40/h1-35H. The van der Waals surface area contributed by atoms with Gasteiger partial charge in [-0.05, 0) is 109 Å². The van der Waals surface area contributed by atoms with Gasteiger partial charge < -0.3 is 8.98 Å². The van der Waals surface area contributed by atoms with Gasteiger partial charge in [-0.15, -0.1) is 0 Å². The molecule has 0 aliphatic carbocycles. The maximum atomic E-state index is 7.18. The molecule has 2 heteroatoms. The van der Waals surface area contributed by atoms with Crippen molar-refractivity contribution in [2.24, 2.45) is 0 Å². The molecule has 0 amide bonds. The molecular formula is C58H35NO. The van der Waals surface area contributed by atoms with E-state index in [-0.39, 0.29) is 0 Å². The van der Waals surface area contributed by atoms with E-state index in [4.69, 9.17) is 4.42 Å². The third kappa shape index (κ3) is 4.88. The minimum absolute atomic E-state index is 0.891. The molecule has 0 N–H and O–H groups in total. The Morgan fingerprint density at radius 1 is 0.283 bits per heavy atom. The van der Waals surface area contributed by atoms with Crippen LogP contribution in [0.1, 0.15) is 0 Å². The SMILES string of the molecule is c1ccc(-c2cc(-c3ccccc3)c3oc4c(-c5ccc6c(c5)c5ccccc5n6-c5ccc6ccc7cccc8ccc5c6c78)cc(-c5ccccc5)cc4c3c2)cc1. The van der Waals surface area contributed by atoms with Gasteiger partial charge in [-0.2, -0.15) is 0 Å². The fraction of sp³-hybridized carbons (Fsp3) is 0. The molecule has 2 aromatic heterocycles.